The summed E-state index contributed by atoms with van der Waals surface area (Å²) in [6, 6.07) is 2.29. The van der Waals surface area contributed by atoms with Crippen molar-refractivity contribution in [3.63, 3.8) is 0 Å². The maximum Gasteiger partial charge on any atom is 0.408 e. The van der Waals surface area contributed by atoms with Crippen molar-refractivity contribution < 1.29 is 42.5 Å². The molecule has 1 aromatic heterocycles. The van der Waals surface area contributed by atoms with E-state index in [1.165, 1.54) is 12.0 Å². The van der Waals surface area contributed by atoms with Crippen LogP contribution in [0.5, 0.6) is 11.6 Å². The Labute approximate surface area is 261 Å². The number of carbonyl (C=O) groups is 3. The predicted octanol–water partition coefficient (Wildman–Crippen LogP) is 5.29. The van der Waals surface area contributed by atoms with Gasteiger partial charge >= 0.3 is 12.1 Å². The molecule has 13 heteroatoms. The zero-order valence-corrected chi connectivity index (χ0v) is 26.3. The van der Waals surface area contributed by atoms with Crippen LogP contribution in [0.25, 0.3) is 11.0 Å². The molecule has 3 aliphatic rings. The van der Waals surface area contributed by atoms with Gasteiger partial charge in [-0.25, -0.2) is 19.6 Å². The summed E-state index contributed by atoms with van der Waals surface area (Å²) in [4.78, 5) is 49.7. The van der Waals surface area contributed by atoms with Crippen molar-refractivity contribution in [2.24, 2.45) is 17.3 Å². The van der Waals surface area contributed by atoms with E-state index in [-0.39, 0.29) is 36.0 Å². The zero-order chi connectivity index (χ0) is 32.7. The number of alkyl halides is 2. The number of fused-ring (bicyclic) bond motifs is 5. The number of hydrogen-bond acceptors (Lipinski definition) is 8. The van der Waals surface area contributed by atoms with Gasteiger partial charge in [-0.3, -0.25) is 4.79 Å². The number of nitrogens with zero attached hydrogens (tertiary/aromatic N) is 3. The minimum absolute atomic E-state index is 0.0481. The number of nitrogens with one attached hydrogen (secondary N) is 1. The summed E-state index contributed by atoms with van der Waals surface area (Å²) in [5, 5.41) is 13.1. The van der Waals surface area contributed by atoms with Crippen molar-refractivity contribution in [2.75, 3.05) is 13.7 Å². The maximum atomic E-state index is 16.0. The van der Waals surface area contributed by atoms with Crippen molar-refractivity contribution >= 4 is 29.0 Å². The number of hydrogen-bond donors (Lipinski definition) is 2. The number of carboxylic acid groups (broad SMARTS) is 1. The Morgan fingerprint density at radius 3 is 2.58 bits per heavy atom. The minimum Gasteiger partial charge on any atom is -0.497 e. The average molecular weight is 633 g/mol. The van der Waals surface area contributed by atoms with Crippen molar-refractivity contribution in [2.45, 2.75) is 103 Å². The van der Waals surface area contributed by atoms with Crippen molar-refractivity contribution in [1.29, 1.82) is 0 Å². The van der Waals surface area contributed by atoms with Gasteiger partial charge < -0.3 is 29.5 Å². The summed E-state index contributed by atoms with van der Waals surface area (Å²) in [7, 11) is 1.47. The van der Waals surface area contributed by atoms with Gasteiger partial charge in [-0.1, -0.05) is 40.5 Å². The van der Waals surface area contributed by atoms with Crippen molar-refractivity contribution in [3.8, 4) is 11.6 Å². The van der Waals surface area contributed by atoms with Gasteiger partial charge in [-0.05, 0) is 49.1 Å². The number of methoxy groups -OCH3 is 1. The van der Waals surface area contributed by atoms with Crippen molar-refractivity contribution in [3.05, 3.63) is 23.9 Å². The van der Waals surface area contributed by atoms with E-state index in [2.05, 4.69) is 15.3 Å². The van der Waals surface area contributed by atoms with Gasteiger partial charge in [0.25, 0.3) is 5.92 Å². The molecular formula is C32H42F2N4O7. The molecule has 2 aromatic rings. The van der Waals surface area contributed by atoms with Crippen LogP contribution in [-0.4, -0.2) is 75.9 Å². The SMILES string of the molecule is CCCC1[C@@H]2CN(C(=O)[C@H](C(C)(C)C)NC(=O)O[C@@H]3C[C@H]3CCCCC(F)(F)c3nc4ccc(OC)cc4nc3O2)[C@@H]1C(=O)O. The Balaban J connectivity index is 1.60. The lowest BCUT2D eigenvalue weighted by Crippen LogP contribution is -2.57. The smallest absolute Gasteiger partial charge is 0.408 e. The lowest BCUT2D eigenvalue weighted by molar-refractivity contribution is -0.151. The molecule has 1 unspecified atom stereocenters. The van der Waals surface area contributed by atoms with Crippen LogP contribution in [0.4, 0.5) is 13.6 Å². The first-order valence-electron chi connectivity index (χ1n) is 15.6. The highest BCUT2D eigenvalue weighted by atomic mass is 19.3. The maximum absolute atomic E-state index is 16.0. The second kappa shape index (κ2) is 12.6. The van der Waals surface area contributed by atoms with Gasteiger partial charge in [0.2, 0.25) is 11.8 Å². The summed E-state index contributed by atoms with van der Waals surface area (Å²) in [5.74, 6) is -5.92. The number of rotatable bonds is 4. The molecule has 2 amide bonds. The molecule has 2 aliphatic heterocycles. The minimum atomic E-state index is -3.40. The van der Waals surface area contributed by atoms with E-state index in [9.17, 15) is 19.5 Å². The normalized spacial score (nSPS) is 28.9. The molecule has 45 heavy (non-hydrogen) atoms. The quantitative estimate of drug-likeness (QED) is 0.460. The van der Waals surface area contributed by atoms with E-state index in [1.807, 2.05) is 6.92 Å². The fourth-order valence-corrected chi connectivity index (χ4v) is 6.47. The topological polar surface area (TPSA) is 140 Å². The predicted molar refractivity (Wildman–Crippen MR) is 159 cm³/mol. The molecule has 0 radical (unpaired) electrons. The molecule has 1 aromatic carbocycles. The van der Waals surface area contributed by atoms with Crippen LogP contribution < -0.4 is 14.8 Å². The Morgan fingerprint density at radius 2 is 1.91 bits per heavy atom. The monoisotopic (exact) mass is 632 g/mol. The summed E-state index contributed by atoms with van der Waals surface area (Å²) in [6.45, 7) is 6.94. The first-order chi connectivity index (χ1) is 21.2. The number of halogens is 2. The largest absolute Gasteiger partial charge is 0.497 e. The van der Waals surface area contributed by atoms with Gasteiger partial charge in [-0.15, -0.1) is 0 Å². The molecule has 1 aliphatic carbocycles. The van der Waals surface area contributed by atoms with Gasteiger partial charge in [0.05, 0.1) is 24.7 Å². The number of carbonyl (C=O) groups excluding carboxylic acids is 2. The van der Waals surface area contributed by atoms with Crippen LogP contribution in [0.2, 0.25) is 0 Å². The van der Waals surface area contributed by atoms with Crippen LogP contribution in [0.15, 0.2) is 18.2 Å². The first kappa shape index (κ1) is 32.6. The van der Waals surface area contributed by atoms with Gasteiger partial charge in [0, 0.05) is 18.4 Å². The second-order valence-electron chi connectivity index (χ2n) is 13.4. The number of aliphatic carboxylic acids is 1. The van der Waals surface area contributed by atoms with Crippen LogP contribution in [0, 0.1) is 17.3 Å². The second-order valence-corrected chi connectivity index (χ2v) is 13.4. The van der Waals surface area contributed by atoms with E-state index in [0.717, 1.165) is 0 Å². The summed E-state index contributed by atoms with van der Waals surface area (Å²) < 4.78 is 49.0. The third kappa shape index (κ3) is 6.91. The lowest BCUT2D eigenvalue weighted by atomic mass is 9.85. The van der Waals surface area contributed by atoms with Crippen LogP contribution in [-0.2, 0) is 20.2 Å². The van der Waals surface area contributed by atoms with Gasteiger partial charge in [-0.2, -0.15) is 8.78 Å². The number of amides is 2. The van der Waals surface area contributed by atoms with Crippen molar-refractivity contribution in [1.82, 2.24) is 20.2 Å². The molecule has 1 saturated carbocycles. The first-order valence-corrected chi connectivity index (χ1v) is 15.6. The molecule has 246 valence electrons. The highest BCUT2D eigenvalue weighted by molar-refractivity contribution is 5.90. The number of ether oxygens (including phenoxy) is 3. The molecule has 2 fully saturated rings. The highest BCUT2D eigenvalue weighted by Gasteiger charge is 2.52. The average Bonchev–Trinajstić information content (AvgIpc) is 3.60. The van der Waals surface area contributed by atoms with Gasteiger partial charge in [0.15, 0.2) is 5.69 Å². The molecule has 11 nitrogen and oxygen atoms in total. The number of alkyl carbamates (subject to hydrolysis) is 1. The van der Waals surface area contributed by atoms with E-state index >= 15 is 8.78 Å². The molecule has 5 rings (SSSR count). The molecule has 3 heterocycles. The third-order valence-corrected chi connectivity index (χ3v) is 9.01. The molecular weight excluding hydrogens is 590 g/mol. The molecule has 0 spiro atoms. The summed E-state index contributed by atoms with van der Waals surface area (Å²) in [5.41, 5.74) is -0.923. The lowest BCUT2D eigenvalue weighted by Gasteiger charge is -2.35. The van der Waals surface area contributed by atoms with Crippen LogP contribution in [0.3, 0.4) is 0 Å². The number of carboxylic acids is 1. The van der Waals surface area contributed by atoms with E-state index < -0.39 is 71.4 Å². The van der Waals surface area contributed by atoms with Crippen LogP contribution in [0.1, 0.15) is 78.3 Å². The molecule has 2 bridgehead atoms. The van der Waals surface area contributed by atoms with E-state index in [4.69, 9.17) is 14.2 Å². The fourth-order valence-electron chi connectivity index (χ4n) is 6.47. The standard InChI is InChI=1S/C32H42F2N4O7/c1-6-9-19-23-16-38(24(19)29(40)41)28(39)26(31(2,3)4)37-30(42)45-22-14-17(22)10-7-8-13-32(33,34)25-27(44-23)36-21-15-18(43-5)11-12-20(21)35-25/h11-12,15,17,19,22-24,26H,6-10,13-14,16H2,1-5H3,(H,37,42)(H,40,41)/t17-,19?,22-,23+,24+,26-/m1/s1. The van der Waals surface area contributed by atoms with E-state index in [0.29, 0.717) is 37.9 Å². The summed E-state index contributed by atoms with van der Waals surface area (Å²) >= 11 is 0. The molecule has 6 atom stereocenters. The Hall–Kier alpha value is -3.77. The Bertz CT molecular complexity index is 1450. The van der Waals surface area contributed by atoms with Crippen LogP contribution >= 0.6 is 0 Å². The number of aromatic nitrogens is 2. The Kier molecular flexibility index (Phi) is 9.10. The zero-order valence-electron chi connectivity index (χ0n) is 26.3. The molecule has 1 saturated heterocycles. The Morgan fingerprint density at radius 1 is 1.16 bits per heavy atom. The molecule has 2 N–H and O–H groups in total. The van der Waals surface area contributed by atoms with E-state index in [1.54, 1.807) is 39.0 Å². The highest BCUT2D eigenvalue weighted by Crippen LogP contribution is 2.43. The summed E-state index contributed by atoms with van der Waals surface area (Å²) in [6.07, 6.45) is 0.189. The number of benzene rings is 1. The van der Waals surface area contributed by atoms with Gasteiger partial charge in [0.1, 0.15) is 30.0 Å². The third-order valence-electron chi connectivity index (χ3n) is 9.01. The fraction of sp³-hybridized carbons (Fsp3) is 0.656.